The van der Waals surface area contributed by atoms with Crippen molar-refractivity contribution in [2.75, 3.05) is 5.32 Å². The Morgan fingerprint density at radius 2 is 1.43 bits per heavy atom. The molecule has 4 nitrogen and oxygen atoms in total. The standard InChI is InChI=1S/C18H13BrN2O2/c19-16-6-2-4-8-18(16)20-17-7-3-1-5-15(17)13-9-11-14(12-10-13)21(22)23/h1-12,20H. The van der Waals surface area contributed by atoms with E-state index in [-0.39, 0.29) is 5.69 Å². The number of nitro benzene ring substituents is 1. The fourth-order valence-corrected chi connectivity index (χ4v) is 2.70. The Labute approximate surface area is 142 Å². The zero-order valence-corrected chi connectivity index (χ0v) is 13.7. The lowest BCUT2D eigenvalue weighted by Crippen LogP contribution is -1.94. The summed E-state index contributed by atoms with van der Waals surface area (Å²) in [4.78, 5) is 10.4. The van der Waals surface area contributed by atoms with E-state index < -0.39 is 4.92 Å². The van der Waals surface area contributed by atoms with Crippen LogP contribution in [-0.2, 0) is 0 Å². The van der Waals surface area contributed by atoms with Crippen molar-refractivity contribution in [1.29, 1.82) is 0 Å². The summed E-state index contributed by atoms with van der Waals surface area (Å²) in [7, 11) is 0. The van der Waals surface area contributed by atoms with E-state index in [1.54, 1.807) is 12.1 Å². The van der Waals surface area contributed by atoms with Crippen molar-refractivity contribution < 1.29 is 4.92 Å². The van der Waals surface area contributed by atoms with Crippen LogP contribution in [0.5, 0.6) is 0 Å². The molecule has 0 aliphatic carbocycles. The van der Waals surface area contributed by atoms with E-state index in [0.29, 0.717) is 0 Å². The van der Waals surface area contributed by atoms with Crippen molar-refractivity contribution in [2.24, 2.45) is 0 Å². The first kappa shape index (κ1) is 15.2. The van der Waals surface area contributed by atoms with Crippen LogP contribution in [0.25, 0.3) is 11.1 Å². The summed E-state index contributed by atoms with van der Waals surface area (Å²) in [5.41, 5.74) is 3.89. The number of halogens is 1. The van der Waals surface area contributed by atoms with Gasteiger partial charge in [0.25, 0.3) is 5.69 Å². The minimum atomic E-state index is -0.394. The largest absolute Gasteiger partial charge is 0.354 e. The summed E-state index contributed by atoms with van der Waals surface area (Å²) in [5.74, 6) is 0. The van der Waals surface area contributed by atoms with Gasteiger partial charge in [0.2, 0.25) is 0 Å². The van der Waals surface area contributed by atoms with Gasteiger partial charge in [-0.25, -0.2) is 0 Å². The van der Waals surface area contributed by atoms with Crippen molar-refractivity contribution in [3.63, 3.8) is 0 Å². The number of nitrogens with one attached hydrogen (secondary N) is 1. The molecule has 0 atom stereocenters. The Morgan fingerprint density at radius 1 is 0.826 bits per heavy atom. The summed E-state index contributed by atoms with van der Waals surface area (Å²) in [6, 6.07) is 22.3. The molecule has 0 saturated carbocycles. The van der Waals surface area contributed by atoms with E-state index in [1.165, 1.54) is 12.1 Å². The van der Waals surface area contributed by atoms with Crippen LogP contribution in [-0.4, -0.2) is 4.92 Å². The highest BCUT2D eigenvalue weighted by Crippen LogP contribution is 2.33. The lowest BCUT2D eigenvalue weighted by molar-refractivity contribution is -0.384. The molecule has 114 valence electrons. The summed E-state index contributed by atoms with van der Waals surface area (Å²) in [5, 5.41) is 14.2. The van der Waals surface area contributed by atoms with Crippen molar-refractivity contribution in [2.45, 2.75) is 0 Å². The van der Waals surface area contributed by atoms with Crippen molar-refractivity contribution >= 4 is 33.0 Å². The topological polar surface area (TPSA) is 55.2 Å². The third-order valence-electron chi connectivity index (χ3n) is 3.46. The molecule has 0 fully saturated rings. The first-order chi connectivity index (χ1) is 11.1. The number of non-ortho nitro benzene ring substituents is 1. The highest BCUT2D eigenvalue weighted by molar-refractivity contribution is 9.10. The third-order valence-corrected chi connectivity index (χ3v) is 4.15. The molecule has 0 aliphatic heterocycles. The molecular formula is C18H13BrN2O2. The molecule has 3 aromatic rings. The first-order valence-electron chi connectivity index (χ1n) is 7.00. The Hall–Kier alpha value is -2.66. The zero-order chi connectivity index (χ0) is 16.2. The van der Waals surface area contributed by atoms with Gasteiger partial charge in [0.05, 0.1) is 10.6 Å². The molecule has 0 amide bonds. The average molecular weight is 369 g/mol. The minimum absolute atomic E-state index is 0.0880. The van der Waals surface area contributed by atoms with E-state index in [9.17, 15) is 10.1 Å². The second-order valence-electron chi connectivity index (χ2n) is 4.95. The van der Waals surface area contributed by atoms with Gasteiger partial charge in [0.1, 0.15) is 0 Å². The van der Waals surface area contributed by atoms with Gasteiger partial charge in [0, 0.05) is 27.9 Å². The lowest BCUT2D eigenvalue weighted by atomic mass is 10.0. The molecule has 5 heteroatoms. The molecule has 0 heterocycles. The molecule has 0 unspecified atom stereocenters. The van der Waals surface area contributed by atoms with Crippen LogP contribution in [0.2, 0.25) is 0 Å². The van der Waals surface area contributed by atoms with Crippen LogP contribution >= 0.6 is 15.9 Å². The minimum Gasteiger partial charge on any atom is -0.354 e. The smallest absolute Gasteiger partial charge is 0.269 e. The SMILES string of the molecule is O=[N+]([O-])c1ccc(-c2ccccc2Nc2ccccc2Br)cc1. The number of nitrogens with zero attached hydrogens (tertiary/aromatic N) is 1. The van der Waals surface area contributed by atoms with Gasteiger partial charge < -0.3 is 5.32 Å². The maximum absolute atomic E-state index is 10.8. The molecule has 0 aliphatic rings. The second-order valence-corrected chi connectivity index (χ2v) is 5.81. The number of nitro groups is 1. The Morgan fingerprint density at radius 3 is 2.09 bits per heavy atom. The maximum Gasteiger partial charge on any atom is 0.269 e. The summed E-state index contributed by atoms with van der Waals surface area (Å²) >= 11 is 3.52. The highest BCUT2D eigenvalue weighted by atomic mass is 79.9. The number of anilines is 2. The van der Waals surface area contributed by atoms with Crippen LogP contribution in [0.3, 0.4) is 0 Å². The Balaban J connectivity index is 1.98. The van der Waals surface area contributed by atoms with Gasteiger partial charge in [-0.2, -0.15) is 0 Å². The molecule has 1 N–H and O–H groups in total. The molecule has 0 saturated heterocycles. The summed E-state index contributed by atoms with van der Waals surface area (Å²) in [6.45, 7) is 0. The highest BCUT2D eigenvalue weighted by Gasteiger charge is 2.09. The van der Waals surface area contributed by atoms with Crippen molar-refractivity contribution in [3.8, 4) is 11.1 Å². The number of hydrogen-bond donors (Lipinski definition) is 1. The van der Waals surface area contributed by atoms with Crippen molar-refractivity contribution in [3.05, 3.63) is 87.4 Å². The molecular weight excluding hydrogens is 356 g/mol. The quantitative estimate of drug-likeness (QED) is 0.469. The number of benzene rings is 3. The average Bonchev–Trinajstić information content (AvgIpc) is 2.57. The van der Waals surface area contributed by atoms with Crippen LogP contribution in [0, 0.1) is 10.1 Å². The second kappa shape index (κ2) is 6.62. The molecule has 0 spiro atoms. The molecule has 3 aromatic carbocycles. The Kier molecular flexibility index (Phi) is 4.39. The van der Waals surface area contributed by atoms with Crippen LogP contribution in [0.15, 0.2) is 77.3 Å². The fraction of sp³-hybridized carbons (Fsp3) is 0. The van der Waals surface area contributed by atoms with E-state index in [2.05, 4.69) is 21.2 Å². The van der Waals surface area contributed by atoms with E-state index in [1.807, 2.05) is 48.5 Å². The van der Waals surface area contributed by atoms with Gasteiger partial charge in [-0.1, -0.05) is 30.3 Å². The van der Waals surface area contributed by atoms with Gasteiger partial charge in [0.15, 0.2) is 0 Å². The van der Waals surface area contributed by atoms with Crippen LogP contribution in [0.1, 0.15) is 0 Å². The number of hydrogen-bond acceptors (Lipinski definition) is 3. The van der Waals surface area contributed by atoms with Gasteiger partial charge in [-0.3, -0.25) is 10.1 Å². The molecule has 3 rings (SSSR count). The Bertz CT molecular complexity index is 848. The zero-order valence-electron chi connectivity index (χ0n) is 12.1. The van der Waals surface area contributed by atoms with Crippen LogP contribution in [0.4, 0.5) is 17.1 Å². The molecule has 0 bridgehead atoms. The van der Waals surface area contributed by atoms with E-state index >= 15 is 0 Å². The molecule has 0 aromatic heterocycles. The number of rotatable bonds is 4. The van der Waals surface area contributed by atoms with Gasteiger partial charge in [-0.15, -0.1) is 0 Å². The fourth-order valence-electron chi connectivity index (χ4n) is 2.31. The van der Waals surface area contributed by atoms with Gasteiger partial charge in [-0.05, 0) is 51.8 Å². The summed E-state index contributed by atoms with van der Waals surface area (Å²) in [6.07, 6.45) is 0. The predicted octanol–water partition coefficient (Wildman–Crippen LogP) is 5.77. The lowest BCUT2D eigenvalue weighted by Gasteiger charge is -2.13. The van der Waals surface area contributed by atoms with Crippen molar-refractivity contribution in [1.82, 2.24) is 0 Å². The maximum atomic E-state index is 10.8. The first-order valence-corrected chi connectivity index (χ1v) is 7.80. The normalized spacial score (nSPS) is 10.3. The summed E-state index contributed by atoms with van der Waals surface area (Å²) < 4.78 is 0.971. The molecule has 23 heavy (non-hydrogen) atoms. The molecule has 0 radical (unpaired) electrons. The van der Waals surface area contributed by atoms with E-state index in [0.717, 1.165) is 27.0 Å². The monoisotopic (exact) mass is 368 g/mol. The van der Waals surface area contributed by atoms with Gasteiger partial charge >= 0.3 is 0 Å². The number of para-hydroxylation sites is 2. The van der Waals surface area contributed by atoms with E-state index in [4.69, 9.17) is 0 Å². The third kappa shape index (κ3) is 3.40. The van der Waals surface area contributed by atoms with Crippen LogP contribution < -0.4 is 5.32 Å². The predicted molar refractivity (Wildman–Crippen MR) is 96.0 cm³/mol.